The van der Waals surface area contributed by atoms with Crippen molar-refractivity contribution in [2.24, 2.45) is 0 Å². The van der Waals surface area contributed by atoms with Gasteiger partial charge in [0.15, 0.2) is 6.10 Å². The van der Waals surface area contributed by atoms with Crippen molar-refractivity contribution in [2.75, 3.05) is 13.2 Å². The van der Waals surface area contributed by atoms with Gasteiger partial charge in [-0.2, -0.15) is 0 Å². The maximum absolute atomic E-state index is 12.9. The molecule has 0 bridgehead atoms. The molecule has 0 aliphatic heterocycles. The molecule has 1 atom stereocenters. The molecule has 6 nitrogen and oxygen atoms in total. The molecule has 0 amide bonds. The van der Waals surface area contributed by atoms with Crippen molar-refractivity contribution in [3.05, 3.63) is 170 Å². The van der Waals surface area contributed by atoms with Gasteiger partial charge in [-0.15, -0.1) is 0 Å². The van der Waals surface area contributed by atoms with Crippen molar-refractivity contribution in [3.8, 4) is 0 Å². The fourth-order valence-corrected chi connectivity index (χ4v) is 8.36. The number of allylic oxidation sites excluding steroid dienone is 28. The van der Waals surface area contributed by atoms with E-state index in [0.29, 0.717) is 12.8 Å². The Morgan fingerprint density at radius 1 is 0.259 bits per heavy atom. The van der Waals surface area contributed by atoms with E-state index in [2.05, 4.69) is 191 Å². The Morgan fingerprint density at radius 3 is 0.753 bits per heavy atom. The summed E-state index contributed by atoms with van der Waals surface area (Å²) in [5.74, 6) is -0.969. The summed E-state index contributed by atoms with van der Waals surface area (Å²) >= 11 is 0. The summed E-state index contributed by atoms with van der Waals surface area (Å²) in [6.07, 6.45) is 99.1. The summed E-state index contributed by atoms with van der Waals surface area (Å²) < 4.78 is 16.9. The standard InChI is InChI=1S/C75H118O6/c1-4-7-10-13-16-19-22-25-28-31-34-36-37-39-41-44-47-50-53-56-59-62-65-68-74(77)80-71-72(70-79-73(76)67-64-61-58-55-52-49-46-43-40-33-30-27-24-21-18-15-12-9-6-3)81-75(78)69-66-63-60-57-54-51-48-45-42-38-35-32-29-26-23-20-17-14-11-8-5-2/h7-8,10-11,16-21,25-30,34-36,38-41,43,45,47-48,50,72H,4-6,9,12-15,22-24,31-33,37,42,44,46,49,51-71H2,1-3H3/b10-7-,11-8-,19-16-,20-17-,21-18-,28-25-,29-26-,30-27-,36-34-,38-35-,41-39-,43-40-,48-45-,50-47-. The number of esters is 3. The fraction of sp³-hybridized carbons (Fsp3) is 0.587. The molecule has 0 aliphatic rings. The molecule has 0 aromatic heterocycles. The van der Waals surface area contributed by atoms with Gasteiger partial charge in [-0.25, -0.2) is 0 Å². The van der Waals surface area contributed by atoms with Crippen molar-refractivity contribution < 1.29 is 28.6 Å². The van der Waals surface area contributed by atoms with Crippen molar-refractivity contribution >= 4 is 17.9 Å². The highest BCUT2D eigenvalue weighted by molar-refractivity contribution is 5.71. The third-order valence-corrected chi connectivity index (χ3v) is 13.2. The van der Waals surface area contributed by atoms with E-state index in [1.165, 1.54) is 38.5 Å². The SMILES string of the molecule is CC/C=C\C/C=C\C/C=C\C/C=C\C/C=C\C/C=C\CCCCCCC(=O)OCC(COC(=O)CCCCCCCC/C=C\C/C=C\C/C=C\CCCCC)OC(=O)CCCCCCC/C=C\C/C=C\C/C=C\C/C=C\C/C=C\CC. The Balaban J connectivity index is 4.55. The van der Waals surface area contributed by atoms with Crippen LogP contribution in [0.2, 0.25) is 0 Å². The topological polar surface area (TPSA) is 78.9 Å². The van der Waals surface area contributed by atoms with Gasteiger partial charge in [0.05, 0.1) is 0 Å². The summed E-state index contributed by atoms with van der Waals surface area (Å²) in [5, 5.41) is 0. The van der Waals surface area contributed by atoms with Gasteiger partial charge >= 0.3 is 17.9 Å². The van der Waals surface area contributed by atoms with Crippen molar-refractivity contribution in [2.45, 2.75) is 271 Å². The van der Waals surface area contributed by atoms with E-state index in [0.717, 1.165) is 186 Å². The molecule has 0 N–H and O–H groups in total. The zero-order valence-electron chi connectivity index (χ0n) is 52.0. The summed E-state index contributed by atoms with van der Waals surface area (Å²) in [6.45, 7) is 6.33. The molecule has 454 valence electrons. The molecule has 0 aromatic rings. The van der Waals surface area contributed by atoms with Crippen LogP contribution < -0.4 is 0 Å². The Hall–Kier alpha value is -5.23. The van der Waals surface area contributed by atoms with E-state index in [1.807, 2.05) is 0 Å². The van der Waals surface area contributed by atoms with E-state index in [-0.39, 0.29) is 37.5 Å². The summed E-state index contributed by atoms with van der Waals surface area (Å²) in [7, 11) is 0. The minimum absolute atomic E-state index is 0.109. The van der Waals surface area contributed by atoms with Gasteiger partial charge in [-0.3, -0.25) is 14.4 Å². The van der Waals surface area contributed by atoms with Crippen molar-refractivity contribution in [3.63, 3.8) is 0 Å². The Morgan fingerprint density at radius 2 is 0.481 bits per heavy atom. The smallest absolute Gasteiger partial charge is 0.306 e. The average Bonchev–Trinajstić information content (AvgIpc) is 3.47. The van der Waals surface area contributed by atoms with Gasteiger partial charge in [0.1, 0.15) is 13.2 Å². The molecule has 0 aromatic carbocycles. The lowest BCUT2D eigenvalue weighted by molar-refractivity contribution is -0.167. The molecule has 0 saturated heterocycles. The second-order valence-electron chi connectivity index (χ2n) is 20.9. The quantitative estimate of drug-likeness (QED) is 0.0261. The first-order valence-corrected chi connectivity index (χ1v) is 32.6. The van der Waals surface area contributed by atoms with Crippen LogP contribution in [0.3, 0.4) is 0 Å². The summed E-state index contributed by atoms with van der Waals surface area (Å²) in [5.41, 5.74) is 0. The highest BCUT2D eigenvalue weighted by Gasteiger charge is 2.19. The van der Waals surface area contributed by atoms with Crippen LogP contribution in [-0.2, 0) is 28.6 Å². The minimum Gasteiger partial charge on any atom is -0.462 e. The molecule has 0 fully saturated rings. The molecular formula is C75H118O6. The van der Waals surface area contributed by atoms with E-state index < -0.39 is 6.10 Å². The first-order valence-electron chi connectivity index (χ1n) is 32.6. The molecule has 0 saturated carbocycles. The molecule has 6 heteroatoms. The monoisotopic (exact) mass is 1110 g/mol. The van der Waals surface area contributed by atoms with Gasteiger partial charge < -0.3 is 14.2 Å². The summed E-state index contributed by atoms with van der Waals surface area (Å²) in [6, 6.07) is 0. The van der Waals surface area contributed by atoms with Crippen LogP contribution in [0.15, 0.2) is 170 Å². The Labute approximate surface area is 498 Å². The number of hydrogen-bond acceptors (Lipinski definition) is 6. The fourth-order valence-electron chi connectivity index (χ4n) is 8.36. The number of unbranched alkanes of at least 4 members (excludes halogenated alkanes) is 18. The highest BCUT2D eigenvalue weighted by atomic mass is 16.6. The van der Waals surface area contributed by atoms with Crippen LogP contribution in [0.25, 0.3) is 0 Å². The second-order valence-corrected chi connectivity index (χ2v) is 20.9. The first-order chi connectivity index (χ1) is 40.0. The van der Waals surface area contributed by atoms with Gasteiger partial charge in [-0.1, -0.05) is 262 Å². The molecule has 0 spiro atoms. The van der Waals surface area contributed by atoms with Crippen LogP contribution in [0.5, 0.6) is 0 Å². The predicted octanol–water partition coefficient (Wildman–Crippen LogP) is 22.7. The Kier molecular flexibility index (Phi) is 62.9. The van der Waals surface area contributed by atoms with E-state index in [4.69, 9.17) is 14.2 Å². The molecule has 0 radical (unpaired) electrons. The third-order valence-electron chi connectivity index (χ3n) is 13.2. The third kappa shape index (κ3) is 65.5. The van der Waals surface area contributed by atoms with E-state index in [1.54, 1.807) is 0 Å². The van der Waals surface area contributed by atoms with Crippen LogP contribution in [0, 0.1) is 0 Å². The predicted molar refractivity (Wildman–Crippen MR) is 352 cm³/mol. The van der Waals surface area contributed by atoms with Crippen molar-refractivity contribution in [1.29, 1.82) is 0 Å². The highest BCUT2D eigenvalue weighted by Crippen LogP contribution is 2.14. The number of carbonyl (C=O) groups is 3. The molecule has 0 aliphatic carbocycles. The maximum Gasteiger partial charge on any atom is 0.306 e. The molecule has 0 heterocycles. The number of rotatable bonds is 57. The summed E-state index contributed by atoms with van der Waals surface area (Å²) in [4.78, 5) is 38.4. The lowest BCUT2D eigenvalue weighted by Crippen LogP contribution is -2.30. The van der Waals surface area contributed by atoms with Crippen LogP contribution in [0.1, 0.15) is 265 Å². The first kappa shape index (κ1) is 75.8. The number of carbonyl (C=O) groups excluding carboxylic acids is 3. The van der Waals surface area contributed by atoms with Crippen molar-refractivity contribution in [1.82, 2.24) is 0 Å². The minimum atomic E-state index is -0.817. The number of hydrogen-bond donors (Lipinski definition) is 0. The largest absolute Gasteiger partial charge is 0.462 e. The number of ether oxygens (including phenoxy) is 3. The lowest BCUT2D eigenvalue weighted by Gasteiger charge is -2.18. The van der Waals surface area contributed by atoms with Gasteiger partial charge in [0, 0.05) is 19.3 Å². The maximum atomic E-state index is 12.9. The van der Waals surface area contributed by atoms with Gasteiger partial charge in [0.25, 0.3) is 0 Å². The van der Waals surface area contributed by atoms with E-state index >= 15 is 0 Å². The zero-order valence-corrected chi connectivity index (χ0v) is 52.0. The second kappa shape index (κ2) is 67.3. The van der Waals surface area contributed by atoms with Crippen LogP contribution >= 0.6 is 0 Å². The van der Waals surface area contributed by atoms with Gasteiger partial charge in [0.2, 0.25) is 0 Å². The van der Waals surface area contributed by atoms with Gasteiger partial charge in [-0.05, 0) is 154 Å². The lowest BCUT2D eigenvalue weighted by atomic mass is 10.1. The molecule has 81 heavy (non-hydrogen) atoms. The molecule has 1 unspecified atom stereocenters. The molecular weight excluding hydrogens is 997 g/mol. The Bertz CT molecular complexity index is 1860. The van der Waals surface area contributed by atoms with Crippen LogP contribution in [0.4, 0.5) is 0 Å². The normalized spacial score (nSPS) is 13.3. The van der Waals surface area contributed by atoms with E-state index in [9.17, 15) is 14.4 Å². The molecule has 0 rings (SSSR count). The van der Waals surface area contributed by atoms with Crippen LogP contribution in [-0.4, -0.2) is 37.2 Å². The average molecular weight is 1120 g/mol. The zero-order chi connectivity index (χ0) is 58.5.